The Morgan fingerprint density at radius 2 is 1.80 bits per heavy atom. The summed E-state index contributed by atoms with van der Waals surface area (Å²) in [6, 6.07) is 19.1. The van der Waals surface area contributed by atoms with Gasteiger partial charge in [-0.1, -0.05) is 48.0 Å². The van der Waals surface area contributed by atoms with Crippen LogP contribution < -0.4 is 5.32 Å². The number of nitrogens with one attached hydrogen (secondary N) is 1. The largest absolute Gasteiger partial charge is 0.325 e. The number of nitrogens with zero attached hydrogens (tertiary/aromatic N) is 1. The molecule has 0 heterocycles. The third-order valence-electron chi connectivity index (χ3n) is 3.07. The summed E-state index contributed by atoms with van der Waals surface area (Å²) in [5.74, 6) is -0.947. The quantitative estimate of drug-likeness (QED) is 0.921. The number of carbonyl (C=O) groups excluding carboxylic acids is 1. The second-order valence-corrected chi connectivity index (χ2v) is 4.73. The molecule has 0 saturated carbocycles. The van der Waals surface area contributed by atoms with E-state index in [1.54, 1.807) is 12.1 Å². The summed E-state index contributed by atoms with van der Waals surface area (Å²) in [7, 11) is 0. The van der Waals surface area contributed by atoms with E-state index in [0.717, 1.165) is 11.1 Å². The molecule has 0 aromatic heterocycles. The molecular formula is C17H16N2O. The average Bonchev–Trinajstić information content (AvgIpc) is 2.47. The Bertz CT molecular complexity index is 612. The zero-order valence-electron chi connectivity index (χ0n) is 11.3. The maximum absolute atomic E-state index is 12.1. The molecule has 3 heteroatoms. The van der Waals surface area contributed by atoms with Crippen molar-refractivity contribution in [3.05, 3.63) is 65.7 Å². The second kappa shape index (κ2) is 6.53. The van der Waals surface area contributed by atoms with Crippen molar-refractivity contribution in [1.29, 1.82) is 5.26 Å². The normalized spacial score (nSPS) is 11.4. The molecule has 0 aliphatic rings. The fourth-order valence-electron chi connectivity index (χ4n) is 1.91. The summed E-state index contributed by atoms with van der Waals surface area (Å²) >= 11 is 0. The van der Waals surface area contributed by atoms with Crippen LogP contribution in [0, 0.1) is 24.2 Å². The van der Waals surface area contributed by atoms with E-state index in [1.807, 2.05) is 49.4 Å². The number of hydrogen-bond donors (Lipinski definition) is 1. The van der Waals surface area contributed by atoms with Crippen LogP contribution in [0.1, 0.15) is 11.1 Å². The van der Waals surface area contributed by atoms with Gasteiger partial charge in [0.1, 0.15) is 5.92 Å². The molecule has 100 valence electrons. The average molecular weight is 264 g/mol. The fourth-order valence-corrected chi connectivity index (χ4v) is 1.91. The lowest BCUT2D eigenvalue weighted by molar-refractivity contribution is -0.118. The smallest absolute Gasteiger partial charge is 0.242 e. The van der Waals surface area contributed by atoms with Crippen molar-refractivity contribution in [1.82, 2.24) is 0 Å². The van der Waals surface area contributed by atoms with Crippen molar-refractivity contribution in [3.63, 3.8) is 0 Å². The molecule has 1 atom stereocenters. The van der Waals surface area contributed by atoms with Gasteiger partial charge in [-0.2, -0.15) is 5.26 Å². The summed E-state index contributed by atoms with van der Waals surface area (Å²) in [5.41, 5.74) is 2.86. The van der Waals surface area contributed by atoms with E-state index in [0.29, 0.717) is 12.1 Å². The van der Waals surface area contributed by atoms with Gasteiger partial charge in [-0.05, 0) is 31.0 Å². The Hall–Kier alpha value is -2.60. The first kappa shape index (κ1) is 13.8. The second-order valence-electron chi connectivity index (χ2n) is 4.73. The third kappa shape index (κ3) is 3.69. The SMILES string of the molecule is Cc1ccc(CC(C#N)C(=O)Nc2ccccc2)cc1. The van der Waals surface area contributed by atoms with Crippen molar-refractivity contribution in [2.24, 2.45) is 5.92 Å². The van der Waals surface area contributed by atoms with Gasteiger partial charge in [0.05, 0.1) is 6.07 Å². The van der Waals surface area contributed by atoms with E-state index in [2.05, 4.69) is 11.4 Å². The molecule has 0 fully saturated rings. The summed E-state index contributed by atoms with van der Waals surface area (Å²) in [5, 5.41) is 11.9. The van der Waals surface area contributed by atoms with Crippen LogP contribution in [0.4, 0.5) is 5.69 Å². The van der Waals surface area contributed by atoms with Crippen LogP contribution in [0.3, 0.4) is 0 Å². The van der Waals surface area contributed by atoms with Gasteiger partial charge in [-0.3, -0.25) is 4.79 Å². The van der Waals surface area contributed by atoms with Crippen LogP contribution in [0.5, 0.6) is 0 Å². The number of rotatable bonds is 4. The number of anilines is 1. The Labute approximate surface area is 118 Å². The van der Waals surface area contributed by atoms with E-state index >= 15 is 0 Å². The molecule has 0 radical (unpaired) electrons. The topological polar surface area (TPSA) is 52.9 Å². The van der Waals surface area contributed by atoms with Crippen LogP contribution in [-0.4, -0.2) is 5.91 Å². The van der Waals surface area contributed by atoms with Crippen LogP contribution in [0.2, 0.25) is 0 Å². The minimum atomic E-state index is -0.682. The molecule has 2 aromatic carbocycles. The standard InChI is InChI=1S/C17H16N2O/c1-13-7-9-14(10-8-13)11-15(12-18)17(20)19-16-5-3-2-4-6-16/h2-10,15H,11H2,1H3,(H,19,20). The maximum atomic E-state index is 12.1. The number of nitriles is 1. The van der Waals surface area contributed by atoms with E-state index in [9.17, 15) is 10.1 Å². The predicted molar refractivity (Wildman–Crippen MR) is 79.1 cm³/mol. The van der Waals surface area contributed by atoms with E-state index < -0.39 is 5.92 Å². The Morgan fingerprint density at radius 3 is 2.40 bits per heavy atom. The van der Waals surface area contributed by atoms with Gasteiger partial charge in [0.25, 0.3) is 0 Å². The minimum absolute atomic E-state index is 0.265. The molecule has 0 saturated heterocycles. The first-order chi connectivity index (χ1) is 9.69. The van der Waals surface area contributed by atoms with Gasteiger partial charge in [-0.15, -0.1) is 0 Å². The molecule has 1 N–H and O–H groups in total. The van der Waals surface area contributed by atoms with Gasteiger partial charge in [0, 0.05) is 5.69 Å². The summed E-state index contributed by atoms with van der Waals surface area (Å²) in [4.78, 5) is 12.1. The van der Waals surface area contributed by atoms with Gasteiger partial charge in [0.2, 0.25) is 5.91 Å². The monoisotopic (exact) mass is 264 g/mol. The minimum Gasteiger partial charge on any atom is -0.325 e. The van der Waals surface area contributed by atoms with Crippen molar-refractivity contribution >= 4 is 11.6 Å². The number of benzene rings is 2. The highest BCUT2D eigenvalue weighted by Gasteiger charge is 2.18. The molecule has 2 aromatic rings. The Morgan fingerprint density at radius 1 is 1.15 bits per heavy atom. The van der Waals surface area contributed by atoms with Crippen molar-refractivity contribution in [2.45, 2.75) is 13.3 Å². The molecule has 0 bridgehead atoms. The number of hydrogen-bond acceptors (Lipinski definition) is 2. The zero-order valence-corrected chi connectivity index (χ0v) is 11.3. The van der Waals surface area contributed by atoms with Gasteiger partial charge < -0.3 is 5.32 Å². The molecule has 0 spiro atoms. The molecule has 0 aliphatic heterocycles. The summed E-state index contributed by atoms with van der Waals surface area (Å²) < 4.78 is 0. The van der Waals surface area contributed by atoms with Crippen LogP contribution in [0.15, 0.2) is 54.6 Å². The van der Waals surface area contributed by atoms with E-state index in [1.165, 1.54) is 0 Å². The summed E-state index contributed by atoms with van der Waals surface area (Å²) in [6.45, 7) is 2.01. The molecule has 1 amide bonds. The number of carbonyl (C=O) groups is 1. The Balaban J connectivity index is 2.03. The number of aryl methyl sites for hydroxylation is 1. The third-order valence-corrected chi connectivity index (χ3v) is 3.07. The molecule has 2 rings (SSSR count). The molecule has 0 aliphatic carbocycles. The highest BCUT2D eigenvalue weighted by Crippen LogP contribution is 2.13. The van der Waals surface area contributed by atoms with Crippen LogP contribution >= 0.6 is 0 Å². The van der Waals surface area contributed by atoms with E-state index in [-0.39, 0.29) is 5.91 Å². The number of para-hydroxylation sites is 1. The van der Waals surface area contributed by atoms with Crippen LogP contribution in [0.25, 0.3) is 0 Å². The molecular weight excluding hydrogens is 248 g/mol. The first-order valence-electron chi connectivity index (χ1n) is 6.50. The van der Waals surface area contributed by atoms with Gasteiger partial charge in [-0.25, -0.2) is 0 Å². The Kier molecular flexibility index (Phi) is 4.52. The highest BCUT2D eigenvalue weighted by molar-refractivity contribution is 5.94. The summed E-state index contributed by atoms with van der Waals surface area (Å²) in [6.07, 6.45) is 0.426. The molecule has 1 unspecified atom stereocenters. The fraction of sp³-hybridized carbons (Fsp3) is 0.176. The highest BCUT2D eigenvalue weighted by atomic mass is 16.1. The molecule has 20 heavy (non-hydrogen) atoms. The van der Waals surface area contributed by atoms with Crippen molar-refractivity contribution in [2.75, 3.05) is 5.32 Å². The van der Waals surface area contributed by atoms with E-state index in [4.69, 9.17) is 0 Å². The first-order valence-corrected chi connectivity index (χ1v) is 6.50. The maximum Gasteiger partial charge on any atom is 0.242 e. The lowest BCUT2D eigenvalue weighted by Crippen LogP contribution is -2.23. The molecule has 3 nitrogen and oxygen atoms in total. The van der Waals surface area contributed by atoms with Gasteiger partial charge in [0.15, 0.2) is 0 Å². The zero-order chi connectivity index (χ0) is 14.4. The van der Waals surface area contributed by atoms with Crippen LogP contribution in [-0.2, 0) is 11.2 Å². The van der Waals surface area contributed by atoms with Crippen molar-refractivity contribution in [3.8, 4) is 6.07 Å². The lowest BCUT2D eigenvalue weighted by Gasteiger charge is -2.10. The van der Waals surface area contributed by atoms with Crippen molar-refractivity contribution < 1.29 is 4.79 Å². The lowest BCUT2D eigenvalue weighted by atomic mass is 9.99. The number of amides is 1. The predicted octanol–water partition coefficient (Wildman–Crippen LogP) is 3.32. The van der Waals surface area contributed by atoms with Gasteiger partial charge >= 0.3 is 0 Å².